The molecule has 0 amide bonds. The summed E-state index contributed by atoms with van der Waals surface area (Å²) < 4.78 is 15.1. The first kappa shape index (κ1) is 18.2. The molecule has 134 valence electrons. The number of anilines is 1. The topological polar surface area (TPSA) is 34.0 Å². The van der Waals surface area contributed by atoms with Crippen LogP contribution < -0.4 is 4.90 Å². The highest BCUT2D eigenvalue weighted by atomic mass is 32.2. The smallest absolute Gasteiger partial charge is 0.192 e. The minimum Gasteiger partial charge on any atom is -0.378 e. The van der Waals surface area contributed by atoms with E-state index in [4.69, 9.17) is 0 Å². The lowest BCUT2D eigenvalue weighted by Gasteiger charge is -2.13. The average molecular weight is 368 g/mol. The summed E-state index contributed by atoms with van der Waals surface area (Å²) in [7, 11) is 4.03. The molecule has 0 N–H and O–H groups in total. The molecule has 1 aromatic heterocycles. The van der Waals surface area contributed by atoms with Gasteiger partial charge in [-0.25, -0.2) is 4.39 Å². The van der Waals surface area contributed by atoms with Crippen LogP contribution in [0.25, 0.3) is 11.4 Å². The van der Waals surface area contributed by atoms with Crippen LogP contribution in [0.2, 0.25) is 0 Å². The predicted octanol–water partition coefficient (Wildman–Crippen LogP) is 4.63. The number of thioether (sulfide) groups is 1. The molecule has 0 fully saturated rings. The van der Waals surface area contributed by atoms with Gasteiger partial charge in [0.15, 0.2) is 11.0 Å². The van der Waals surface area contributed by atoms with Crippen LogP contribution in [0.15, 0.2) is 66.3 Å². The molecule has 3 aromatic rings. The van der Waals surface area contributed by atoms with Crippen molar-refractivity contribution in [2.75, 3.05) is 19.0 Å². The van der Waals surface area contributed by atoms with Crippen LogP contribution in [0.5, 0.6) is 0 Å². The lowest BCUT2D eigenvalue weighted by atomic mass is 10.2. The number of rotatable bonds is 7. The van der Waals surface area contributed by atoms with Crippen LogP contribution >= 0.6 is 11.8 Å². The van der Waals surface area contributed by atoms with E-state index in [2.05, 4.69) is 33.8 Å². The highest BCUT2D eigenvalue weighted by molar-refractivity contribution is 7.98. The molecule has 2 aromatic carbocycles. The SMILES string of the molecule is C=CCn1c(SCc2ccc(F)cc2)nnc1-c1ccc(N(C)C)cc1. The first-order chi connectivity index (χ1) is 12.6. The molecule has 0 unspecified atom stereocenters. The number of hydrogen-bond acceptors (Lipinski definition) is 4. The van der Waals surface area contributed by atoms with Crippen LogP contribution in [0.1, 0.15) is 5.56 Å². The van der Waals surface area contributed by atoms with Gasteiger partial charge in [0.05, 0.1) is 0 Å². The van der Waals surface area contributed by atoms with Gasteiger partial charge in [-0.3, -0.25) is 4.57 Å². The van der Waals surface area contributed by atoms with E-state index in [9.17, 15) is 4.39 Å². The first-order valence-electron chi connectivity index (χ1n) is 8.27. The lowest BCUT2D eigenvalue weighted by Crippen LogP contribution is -2.08. The quantitative estimate of drug-likeness (QED) is 0.450. The van der Waals surface area contributed by atoms with Gasteiger partial charge in [0.1, 0.15) is 5.82 Å². The molecule has 6 heteroatoms. The summed E-state index contributed by atoms with van der Waals surface area (Å²) in [6.45, 7) is 4.47. The Balaban J connectivity index is 1.83. The monoisotopic (exact) mass is 368 g/mol. The van der Waals surface area contributed by atoms with E-state index in [0.29, 0.717) is 12.3 Å². The maximum atomic E-state index is 13.0. The van der Waals surface area contributed by atoms with E-state index in [1.807, 2.05) is 36.9 Å². The molecule has 4 nitrogen and oxygen atoms in total. The van der Waals surface area contributed by atoms with Gasteiger partial charge in [0.2, 0.25) is 0 Å². The van der Waals surface area contributed by atoms with Crippen LogP contribution in [-0.2, 0) is 12.3 Å². The molecule has 0 radical (unpaired) electrons. The van der Waals surface area contributed by atoms with Gasteiger partial charge < -0.3 is 4.90 Å². The summed E-state index contributed by atoms with van der Waals surface area (Å²) in [5.41, 5.74) is 3.19. The lowest BCUT2D eigenvalue weighted by molar-refractivity contribution is 0.627. The summed E-state index contributed by atoms with van der Waals surface area (Å²) in [5, 5.41) is 9.54. The highest BCUT2D eigenvalue weighted by Gasteiger charge is 2.14. The molecule has 3 rings (SSSR count). The van der Waals surface area contributed by atoms with Crippen molar-refractivity contribution in [1.82, 2.24) is 14.8 Å². The Kier molecular flexibility index (Phi) is 5.73. The fourth-order valence-electron chi connectivity index (χ4n) is 2.54. The Labute approximate surface area is 157 Å². The zero-order valence-corrected chi connectivity index (χ0v) is 15.7. The van der Waals surface area contributed by atoms with E-state index in [0.717, 1.165) is 27.8 Å². The van der Waals surface area contributed by atoms with Crippen LogP contribution in [0.4, 0.5) is 10.1 Å². The van der Waals surface area contributed by atoms with Crippen molar-refractivity contribution < 1.29 is 4.39 Å². The molecule has 0 atom stereocenters. The van der Waals surface area contributed by atoms with Crippen LogP contribution in [0, 0.1) is 5.82 Å². The number of halogens is 1. The van der Waals surface area contributed by atoms with Gasteiger partial charge >= 0.3 is 0 Å². The van der Waals surface area contributed by atoms with Crippen molar-refractivity contribution in [2.45, 2.75) is 17.5 Å². The van der Waals surface area contributed by atoms with Crippen molar-refractivity contribution >= 4 is 17.4 Å². The standard InChI is InChI=1S/C20H21FN4S/c1-4-13-25-19(16-7-11-18(12-8-16)24(2)3)22-23-20(25)26-14-15-5-9-17(21)10-6-15/h4-12H,1,13-14H2,2-3H3. The Morgan fingerprint density at radius 1 is 1.08 bits per heavy atom. The molecule has 0 aliphatic carbocycles. The average Bonchev–Trinajstić information content (AvgIpc) is 3.04. The number of aromatic nitrogens is 3. The zero-order valence-electron chi connectivity index (χ0n) is 14.9. The van der Waals surface area contributed by atoms with E-state index in [1.165, 1.54) is 12.1 Å². The number of hydrogen-bond donors (Lipinski definition) is 0. The molecule has 0 saturated heterocycles. The van der Waals surface area contributed by atoms with Gasteiger partial charge in [0.25, 0.3) is 0 Å². The highest BCUT2D eigenvalue weighted by Crippen LogP contribution is 2.27. The fourth-order valence-corrected chi connectivity index (χ4v) is 3.44. The molecule has 0 bridgehead atoms. The Bertz CT molecular complexity index is 870. The van der Waals surface area contributed by atoms with Gasteiger partial charge in [-0.1, -0.05) is 30.0 Å². The molecule has 0 spiro atoms. The fraction of sp³-hybridized carbons (Fsp3) is 0.200. The third-order valence-electron chi connectivity index (χ3n) is 3.95. The largest absolute Gasteiger partial charge is 0.378 e. The first-order valence-corrected chi connectivity index (χ1v) is 9.26. The Hall–Kier alpha value is -2.60. The maximum absolute atomic E-state index is 13.0. The molecular weight excluding hydrogens is 347 g/mol. The van der Waals surface area contributed by atoms with Crippen molar-refractivity contribution in [3.05, 3.63) is 72.6 Å². The minimum atomic E-state index is -0.225. The summed E-state index contributed by atoms with van der Waals surface area (Å²) in [4.78, 5) is 2.06. The zero-order chi connectivity index (χ0) is 18.5. The van der Waals surface area contributed by atoms with E-state index < -0.39 is 0 Å². The molecule has 0 saturated carbocycles. The van der Waals surface area contributed by atoms with Gasteiger partial charge in [-0.15, -0.1) is 16.8 Å². The third-order valence-corrected chi connectivity index (χ3v) is 4.99. The van der Waals surface area contributed by atoms with Crippen LogP contribution in [0.3, 0.4) is 0 Å². The summed E-state index contributed by atoms with van der Waals surface area (Å²) >= 11 is 1.58. The second-order valence-corrected chi connectivity index (χ2v) is 7.00. The summed E-state index contributed by atoms with van der Waals surface area (Å²) in [6, 6.07) is 14.8. The van der Waals surface area contributed by atoms with Crippen molar-refractivity contribution in [1.29, 1.82) is 0 Å². The van der Waals surface area contributed by atoms with Crippen molar-refractivity contribution in [3.63, 3.8) is 0 Å². The molecule has 0 aliphatic heterocycles. The van der Waals surface area contributed by atoms with Crippen molar-refractivity contribution in [3.8, 4) is 11.4 Å². The number of benzene rings is 2. The minimum absolute atomic E-state index is 0.225. The molecule has 26 heavy (non-hydrogen) atoms. The Morgan fingerprint density at radius 2 is 1.77 bits per heavy atom. The van der Waals surface area contributed by atoms with E-state index in [1.54, 1.807) is 23.9 Å². The third kappa shape index (κ3) is 4.14. The molecule has 0 aliphatic rings. The second-order valence-electron chi connectivity index (χ2n) is 6.06. The van der Waals surface area contributed by atoms with Gasteiger partial charge in [0, 0.05) is 37.6 Å². The molecule has 1 heterocycles. The number of nitrogens with zero attached hydrogens (tertiary/aromatic N) is 4. The normalized spacial score (nSPS) is 10.7. The molecular formula is C20H21FN4S. The van der Waals surface area contributed by atoms with Crippen molar-refractivity contribution in [2.24, 2.45) is 0 Å². The second kappa shape index (κ2) is 8.19. The Morgan fingerprint density at radius 3 is 2.38 bits per heavy atom. The summed E-state index contributed by atoms with van der Waals surface area (Å²) in [6.07, 6.45) is 1.84. The van der Waals surface area contributed by atoms with Crippen LogP contribution in [-0.4, -0.2) is 28.9 Å². The van der Waals surface area contributed by atoms with E-state index >= 15 is 0 Å². The number of allylic oxidation sites excluding steroid dienone is 1. The van der Waals surface area contributed by atoms with Gasteiger partial charge in [-0.05, 0) is 42.0 Å². The van der Waals surface area contributed by atoms with E-state index in [-0.39, 0.29) is 5.82 Å². The predicted molar refractivity (Wildman–Crippen MR) is 106 cm³/mol. The van der Waals surface area contributed by atoms with Gasteiger partial charge in [-0.2, -0.15) is 0 Å². The maximum Gasteiger partial charge on any atom is 0.192 e. The summed E-state index contributed by atoms with van der Waals surface area (Å²) in [5.74, 6) is 1.30.